The Labute approximate surface area is 209 Å². The van der Waals surface area contributed by atoms with Crippen LogP contribution in [0, 0.1) is 0 Å². The minimum atomic E-state index is -4.83. The average Bonchev–Trinajstić information content (AvgIpc) is 3.45. The highest BCUT2D eigenvalue weighted by Gasteiger charge is 2.37. The fourth-order valence-electron chi connectivity index (χ4n) is 3.29. The van der Waals surface area contributed by atoms with Crippen molar-refractivity contribution in [2.75, 3.05) is 11.9 Å². The molecule has 0 atom stereocenters. The van der Waals surface area contributed by atoms with Crippen LogP contribution < -0.4 is 10.6 Å². The van der Waals surface area contributed by atoms with E-state index in [2.05, 4.69) is 46.8 Å². The summed E-state index contributed by atoms with van der Waals surface area (Å²) in [5, 5.41) is 16.0. The third-order valence-corrected chi connectivity index (χ3v) is 5.78. The number of carbonyl (C=O) groups is 2. The summed E-state index contributed by atoms with van der Waals surface area (Å²) in [6.45, 7) is 2.24. The van der Waals surface area contributed by atoms with Gasteiger partial charge >= 0.3 is 6.18 Å². The molecule has 3 heterocycles. The smallest absolute Gasteiger partial charge is 0.352 e. The van der Waals surface area contributed by atoms with Gasteiger partial charge in [-0.05, 0) is 40.5 Å². The summed E-state index contributed by atoms with van der Waals surface area (Å²) in [7, 11) is 0. The Bertz CT molecular complexity index is 1430. The Morgan fingerprint density at radius 1 is 1.26 bits per heavy atom. The predicted octanol–water partition coefficient (Wildman–Crippen LogP) is 4.97. The van der Waals surface area contributed by atoms with Gasteiger partial charge < -0.3 is 10.6 Å². The number of aromatic nitrogens is 5. The second kappa shape index (κ2) is 9.66. The number of hydrogen-bond acceptors (Lipinski definition) is 5. The van der Waals surface area contributed by atoms with Crippen LogP contribution in [0.1, 0.15) is 39.9 Å². The minimum absolute atomic E-state index is 0.0157. The summed E-state index contributed by atoms with van der Waals surface area (Å²) in [6.07, 6.45) is -1.37. The van der Waals surface area contributed by atoms with Gasteiger partial charge in [0, 0.05) is 28.7 Å². The van der Waals surface area contributed by atoms with E-state index in [-0.39, 0.29) is 22.1 Å². The van der Waals surface area contributed by atoms with Crippen LogP contribution in [0.4, 0.5) is 18.9 Å². The van der Waals surface area contributed by atoms with Gasteiger partial charge in [-0.25, -0.2) is 9.67 Å². The third-order valence-electron chi connectivity index (χ3n) is 4.86. The molecule has 0 radical (unpaired) electrons. The van der Waals surface area contributed by atoms with E-state index in [1.165, 1.54) is 24.5 Å². The fourth-order valence-corrected chi connectivity index (χ4v) is 4.03. The number of benzene rings is 1. The van der Waals surface area contributed by atoms with Crippen molar-refractivity contribution in [1.29, 1.82) is 0 Å². The summed E-state index contributed by atoms with van der Waals surface area (Å²) >= 11 is 9.43. The van der Waals surface area contributed by atoms with E-state index in [4.69, 9.17) is 11.6 Å². The number of alkyl halides is 3. The van der Waals surface area contributed by atoms with E-state index < -0.39 is 29.4 Å². The summed E-state index contributed by atoms with van der Waals surface area (Å²) in [5.41, 5.74) is -1.36. The number of aromatic amines is 1. The molecule has 14 heteroatoms. The van der Waals surface area contributed by atoms with Crippen molar-refractivity contribution < 1.29 is 22.8 Å². The molecule has 4 rings (SSSR count). The molecule has 35 heavy (non-hydrogen) atoms. The first-order valence-corrected chi connectivity index (χ1v) is 11.3. The summed E-state index contributed by atoms with van der Waals surface area (Å²) in [6, 6.07) is 5.08. The number of nitrogens with one attached hydrogen (secondary N) is 3. The molecule has 0 aliphatic carbocycles. The summed E-state index contributed by atoms with van der Waals surface area (Å²) in [4.78, 5) is 30.2. The van der Waals surface area contributed by atoms with Gasteiger partial charge in [0.15, 0.2) is 11.5 Å². The molecule has 0 aliphatic heterocycles. The molecule has 0 fully saturated rings. The maximum Gasteiger partial charge on any atom is 0.435 e. The SMILES string of the molecule is CCCNC(=O)c1c(NC(=O)c2cc(C(F)(F)F)nn2-c2ncccc2Cl)c(Br)cc2cn[nH]c12. The van der Waals surface area contributed by atoms with Crippen LogP contribution in [0.3, 0.4) is 0 Å². The largest absolute Gasteiger partial charge is 0.435 e. The Kier molecular flexibility index (Phi) is 6.81. The molecule has 9 nitrogen and oxygen atoms in total. The molecule has 3 aromatic heterocycles. The quantitative estimate of drug-likeness (QED) is 0.303. The zero-order valence-corrected chi connectivity index (χ0v) is 20.2. The number of carbonyl (C=O) groups excluding carboxylic acids is 2. The van der Waals surface area contributed by atoms with Crippen molar-refractivity contribution in [3.8, 4) is 5.82 Å². The second-order valence-corrected chi connectivity index (χ2v) is 8.55. The van der Waals surface area contributed by atoms with Crippen molar-refractivity contribution in [2.45, 2.75) is 19.5 Å². The van der Waals surface area contributed by atoms with Crippen LogP contribution in [0.25, 0.3) is 16.7 Å². The minimum Gasteiger partial charge on any atom is -0.352 e. The molecule has 4 aromatic rings. The van der Waals surface area contributed by atoms with Gasteiger partial charge in [0.1, 0.15) is 5.69 Å². The number of pyridine rings is 1. The molecular weight excluding hydrogens is 555 g/mol. The Morgan fingerprint density at radius 3 is 2.71 bits per heavy atom. The van der Waals surface area contributed by atoms with Crippen molar-refractivity contribution in [2.24, 2.45) is 0 Å². The van der Waals surface area contributed by atoms with Crippen molar-refractivity contribution >= 4 is 55.9 Å². The molecule has 0 saturated carbocycles. The number of nitrogens with zero attached hydrogens (tertiary/aromatic N) is 4. The van der Waals surface area contributed by atoms with Crippen molar-refractivity contribution in [3.05, 3.63) is 63.1 Å². The summed E-state index contributed by atoms with van der Waals surface area (Å²) < 4.78 is 41.4. The lowest BCUT2D eigenvalue weighted by molar-refractivity contribution is -0.141. The lowest BCUT2D eigenvalue weighted by Gasteiger charge is -2.15. The van der Waals surface area contributed by atoms with Gasteiger partial charge in [-0.1, -0.05) is 18.5 Å². The molecule has 182 valence electrons. The lowest BCUT2D eigenvalue weighted by atomic mass is 10.1. The number of anilines is 1. The highest BCUT2D eigenvalue weighted by atomic mass is 79.9. The average molecular weight is 571 g/mol. The van der Waals surface area contributed by atoms with Gasteiger partial charge in [-0.15, -0.1) is 0 Å². The van der Waals surface area contributed by atoms with E-state index >= 15 is 0 Å². The Hall–Kier alpha value is -3.45. The number of halogens is 5. The van der Waals surface area contributed by atoms with Crippen LogP contribution in [0.2, 0.25) is 5.02 Å². The van der Waals surface area contributed by atoms with Crippen molar-refractivity contribution in [1.82, 2.24) is 30.3 Å². The second-order valence-electron chi connectivity index (χ2n) is 7.29. The molecule has 1 aromatic carbocycles. The van der Waals surface area contributed by atoms with Crippen LogP contribution in [-0.4, -0.2) is 43.3 Å². The highest BCUT2D eigenvalue weighted by molar-refractivity contribution is 9.10. The zero-order chi connectivity index (χ0) is 25.3. The van der Waals surface area contributed by atoms with E-state index in [1.807, 2.05) is 6.92 Å². The van der Waals surface area contributed by atoms with Gasteiger partial charge in [0.2, 0.25) is 0 Å². The van der Waals surface area contributed by atoms with Crippen LogP contribution in [-0.2, 0) is 6.18 Å². The molecule has 3 N–H and O–H groups in total. The molecule has 0 bridgehead atoms. The number of amides is 2. The van der Waals surface area contributed by atoms with E-state index in [9.17, 15) is 22.8 Å². The maximum atomic E-state index is 13.4. The van der Waals surface area contributed by atoms with E-state index in [0.29, 0.717) is 39.1 Å². The van der Waals surface area contributed by atoms with Crippen LogP contribution >= 0.6 is 27.5 Å². The van der Waals surface area contributed by atoms with E-state index in [1.54, 1.807) is 6.07 Å². The molecule has 0 unspecified atom stereocenters. The highest BCUT2D eigenvalue weighted by Crippen LogP contribution is 2.35. The first kappa shape index (κ1) is 24.7. The number of rotatable bonds is 6. The normalized spacial score (nSPS) is 11.6. The Morgan fingerprint density at radius 2 is 2.03 bits per heavy atom. The molecule has 0 spiro atoms. The van der Waals surface area contributed by atoms with Crippen molar-refractivity contribution in [3.63, 3.8) is 0 Å². The van der Waals surface area contributed by atoms with Gasteiger partial charge in [-0.2, -0.15) is 23.4 Å². The fraction of sp³-hybridized carbons (Fsp3) is 0.190. The number of fused-ring (bicyclic) bond motifs is 1. The number of hydrogen-bond donors (Lipinski definition) is 3. The first-order valence-electron chi connectivity index (χ1n) is 10.1. The first-order chi connectivity index (χ1) is 16.6. The molecule has 0 aliphatic rings. The van der Waals surface area contributed by atoms with E-state index in [0.717, 1.165) is 0 Å². The maximum absolute atomic E-state index is 13.4. The molecule has 0 saturated heterocycles. The number of H-pyrrole nitrogens is 1. The van der Waals surface area contributed by atoms with Gasteiger partial charge in [-0.3, -0.25) is 14.7 Å². The molecule has 2 amide bonds. The monoisotopic (exact) mass is 569 g/mol. The lowest BCUT2D eigenvalue weighted by Crippen LogP contribution is -2.27. The van der Waals surface area contributed by atoms with Gasteiger partial charge in [0.05, 0.1) is 28.0 Å². The van der Waals surface area contributed by atoms with Gasteiger partial charge in [0.25, 0.3) is 11.8 Å². The summed E-state index contributed by atoms with van der Waals surface area (Å²) in [5.74, 6) is -1.65. The Balaban J connectivity index is 1.83. The third kappa shape index (κ3) is 4.86. The topological polar surface area (TPSA) is 118 Å². The molecular formula is C21H16BrClF3N7O2. The zero-order valence-electron chi connectivity index (χ0n) is 17.9. The predicted molar refractivity (Wildman–Crippen MR) is 126 cm³/mol. The van der Waals surface area contributed by atoms with Crippen LogP contribution in [0.5, 0.6) is 0 Å². The van der Waals surface area contributed by atoms with Crippen LogP contribution in [0.15, 0.2) is 41.1 Å². The standard InChI is InChI=1S/C21H16BrClF3N7O2/c1-2-5-28-20(35)15-16-10(9-29-31-16)7-11(22)17(15)30-19(34)13-8-14(21(24,25)26)32-33(13)18-12(23)4-3-6-27-18/h3-4,6-9H,2,5H2,1H3,(H,28,35)(H,29,31)(H,30,34).